The fraction of sp³-hybridized carbons (Fsp3) is 0.886. The lowest BCUT2D eigenvalue weighted by Crippen LogP contribution is -2.57. The van der Waals surface area contributed by atoms with E-state index >= 15 is 0 Å². The molecule has 0 spiro atoms. The van der Waals surface area contributed by atoms with Gasteiger partial charge in [-0.1, -0.05) is 32.4 Å². The summed E-state index contributed by atoms with van der Waals surface area (Å²) in [6.45, 7) is 10.1. The number of rotatable bonds is 7. The molecule has 5 rings (SSSR count). The molecule has 3 saturated carbocycles. The first-order valence-electron chi connectivity index (χ1n) is 17.2. The molecule has 9 atom stereocenters. The number of likely N-dealkylation sites (tertiary alicyclic amines) is 1. The molecule has 1 aliphatic heterocycles. The Bertz CT molecular complexity index is 1110. The Morgan fingerprint density at radius 1 is 1.05 bits per heavy atom. The molecule has 9 heteroatoms. The van der Waals surface area contributed by atoms with Gasteiger partial charge in [0.1, 0.15) is 11.6 Å². The number of alkyl halides is 3. The zero-order valence-electron chi connectivity index (χ0n) is 27.4. The highest BCUT2D eigenvalue weighted by Crippen LogP contribution is 2.67. The summed E-state index contributed by atoms with van der Waals surface area (Å²) in [6, 6.07) is -2.04. The summed E-state index contributed by atoms with van der Waals surface area (Å²) in [6.07, 6.45) is 8.10. The molecule has 0 aromatic rings. The van der Waals surface area contributed by atoms with Crippen molar-refractivity contribution in [3.05, 3.63) is 11.6 Å². The highest BCUT2D eigenvalue weighted by molar-refractivity contribution is 5.84. The van der Waals surface area contributed by atoms with Crippen molar-refractivity contribution in [1.29, 1.82) is 0 Å². The van der Waals surface area contributed by atoms with Crippen LogP contribution < -0.4 is 5.32 Å². The van der Waals surface area contributed by atoms with Gasteiger partial charge in [0.2, 0.25) is 5.91 Å². The number of carbonyl (C=O) groups is 2. The first-order valence-corrected chi connectivity index (χ1v) is 17.2. The lowest BCUT2D eigenvalue weighted by molar-refractivity contribution is -0.179. The zero-order chi connectivity index (χ0) is 32.2. The number of aliphatic hydroxyl groups is 2. The van der Waals surface area contributed by atoms with E-state index < -0.39 is 29.6 Å². The van der Waals surface area contributed by atoms with E-state index in [4.69, 9.17) is 0 Å². The number of amides is 2. The van der Waals surface area contributed by atoms with E-state index in [1.54, 1.807) is 4.90 Å². The molecule has 3 N–H and O–H groups in total. The molecular weight excluding hydrogens is 569 g/mol. The molecule has 1 saturated heterocycles. The summed E-state index contributed by atoms with van der Waals surface area (Å²) < 4.78 is 41.5. The number of hydrogen-bond acceptors (Lipinski definition) is 4. The Morgan fingerprint density at radius 3 is 2.36 bits per heavy atom. The predicted octanol–water partition coefficient (Wildman–Crippen LogP) is 6.40. The largest absolute Gasteiger partial charge is 0.408 e. The molecule has 4 aliphatic carbocycles. The highest BCUT2D eigenvalue weighted by Gasteiger charge is 2.59. The summed E-state index contributed by atoms with van der Waals surface area (Å²) in [5.41, 5.74) is 0.104. The van der Waals surface area contributed by atoms with Crippen molar-refractivity contribution in [2.24, 2.45) is 46.3 Å². The minimum atomic E-state index is -4.63. The van der Waals surface area contributed by atoms with Crippen molar-refractivity contribution in [3.8, 4) is 0 Å². The first-order chi connectivity index (χ1) is 20.4. The van der Waals surface area contributed by atoms with Crippen LogP contribution in [0.3, 0.4) is 0 Å². The molecule has 0 radical (unpaired) electrons. The molecule has 0 bridgehead atoms. The van der Waals surface area contributed by atoms with E-state index in [-0.39, 0.29) is 48.8 Å². The summed E-state index contributed by atoms with van der Waals surface area (Å²) in [5.74, 6) is 1.22. The number of nitrogens with zero attached hydrogens (tertiary/aromatic N) is 1. The summed E-state index contributed by atoms with van der Waals surface area (Å²) >= 11 is 0. The monoisotopic (exact) mass is 624 g/mol. The van der Waals surface area contributed by atoms with Crippen LogP contribution >= 0.6 is 0 Å². The summed E-state index contributed by atoms with van der Waals surface area (Å²) in [4.78, 5) is 27.0. The number of halogens is 3. The number of hydrogen-bond donors (Lipinski definition) is 3. The third-order valence-corrected chi connectivity index (χ3v) is 13.2. The van der Waals surface area contributed by atoms with Crippen LogP contribution in [-0.4, -0.2) is 63.9 Å². The van der Waals surface area contributed by atoms with Gasteiger partial charge in [0.05, 0.1) is 6.10 Å². The third kappa shape index (κ3) is 6.34. The van der Waals surface area contributed by atoms with Crippen molar-refractivity contribution < 1.29 is 33.0 Å². The second-order valence-corrected chi connectivity index (χ2v) is 16.2. The van der Waals surface area contributed by atoms with Gasteiger partial charge in [0.15, 0.2) is 0 Å². The van der Waals surface area contributed by atoms with Gasteiger partial charge in [-0.05, 0) is 131 Å². The van der Waals surface area contributed by atoms with E-state index in [0.717, 1.165) is 32.1 Å². The van der Waals surface area contributed by atoms with Crippen LogP contribution in [0.25, 0.3) is 0 Å². The number of nitrogens with one attached hydrogen (secondary N) is 1. The minimum absolute atomic E-state index is 0.0140. The van der Waals surface area contributed by atoms with E-state index in [2.05, 4.69) is 26.8 Å². The normalized spacial score (nSPS) is 37.7. The zero-order valence-corrected chi connectivity index (χ0v) is 27.4. The lowest BCUT2D eigenvalue weighted by Gasteiger charge is -2.58. The molecule has 1 unspecified atom stereocenters. The summed E-state index contributed by atoms with van der Waals surface area (Å²) in [7, 11) is 0. The maximum absolute atomic E-state index is 13.8. The third-order valence-electron chi connectivity index (χ3n) is 13.2. The number of aliphatic hydroxyl groups excluding tert-OH is 1. The van der Waals surface area contributed by atoms with Gasteiger partial charge in [0, 0.05) is 19.5 Å². The van der Waals surface area contributed by atoms with Gasteiger partial charge in [-0.25, -0.2) is 0 Å². The van der Waals surface area contributed by atoms with Gasteiger partial charge in [-0.3, -0.25) is 9.59 Å². The standard InChI is InChI=1S/C35H55F3N2O4/c1-21(6-11-29(42)40-18-14-22(15-19-40)30(35(36,37)38)39-31(43)32(2,3)44)26-9-10-27-25-8-7-23-20-24(41)12-16-33(23,4)28(25)13-17-34(26,27)5/h7,21-22,24-28,30,41,44H,6,8-20H2,1-5H3,(H,39,43)/t21-,24+,25+,26-,27+,28+,30?,33+,34-/m1/s1. The second-order valence-electron chi connectivity index (χ2n) is 16.2. The SMILES string of the molecule is C[C@H](CCC(=O)N1CCC(C(NC(=O)C(C)(C)O)C(F)(F)F)CC1)[C@H]1CC[C@H]2[C@@H]3CC=C4C[C@@H](O)CC[C@]4(C)[C@H]3CC[C@]12C. The molecule has 4 fully saturated rings. The predicted molar refractivity (Wildman–Crippen MR) is 163 cm³/mol. The molecule has 5 aliphatic rings. The van der Waals surface area contributed by atoms with Gasteiger partial charge in [-0.2, -0.15) is 13.2 Å². The van der Waals surface area contributed by atoms with Crippen molar-refractivity contribution in [2.75, 3.05) is 13.1 Å². The van der Waals surface area contributed by atoms with Crippen molar-refractivity contribution in [2.45, 2.75) is 136 Å². The Morgan fingerprint density at radius 2 is 1.73 bits per heavy atom. The van der Waals surface area contributed by atoms with Gasteiger partial charge in [0.25, 0.3) is 5.91 Å². The molecule has 0 aromatic heterocycles. The maximum atomic E-state index is 13.8. The van der Waals surface area contributed by atoms with Crippen molar-refractivity contribution in [1.82, 2.24) is 10.2 Å². The fourth-order valence-corrected chi connectivity index (χ4v) is 10.6. The van der Waals surface area contributed by atoms with E-state index in [1.807, 2.05) is 5.32 Å². The number of fused-ring (bicyclic) bond motifs is 5. The Balaban J connectivity index is 1.14. The molecule has 44 heavy (non-hydrogen) atoms. The van der Waals surface area contributed by atoms with Crippen LogP contribution in [0, 0.1) is 46.3 Å². The topological polar surface area (TPSA) is 89.9 Å². The molecular formula is C35H55F3N2O4. The average Bonchev–Trinajstić information content (AvgIpc) is 3.31. The molecule has 6 nitrogen and oxygen atoms in total. The van der Waals surface area contributed by atoms with Crippen molar-refractivity contribution >= 4 is 11.8 Å². The number of carbonyl (C=O) groups excluding carboxylic acids is 2. The van der Waals surface area contributed by atoms with Gasteiger partial charge < -0.3 is 20.4 Å². The van der Waals surface area contributed by atoms with Crippen LogP contribution in [0.4, 0.5) is 13.2 Å². The molecule has 2 amide bonds. The Labute approximate surface area is 261 Å². The van der Waals surface area contributed by atoms with Gasteiger partial charge >= 0.3 is 6.18 Å². The van der Waals surface area contributed by atoms with E-state index in [1.165, 1.54) is 45.1 Å². The van der Waals surface area contributed by atoms with Crippen molar-refractivity contribution in [3.63, 3.8) is 0 Å². The van der Waals surface area contributed by atoms with Crippen LogP contribution in [0.2, 0.25) is 0 Å². The first kappa shape index (κ1) is 33.7. The van der Waals surface area contributed by atoms with Crippen LogP contribution in [-0.2, 0) is 9.59 Å². The van der Waals surface area contributed by atoms with Crippen LogP contribution in [0.1, 0.15) is 112 Å². The molecule has 0 aromatic carbocycles. The quantitative estimate of drug-likeness (QED) is 0.286. The number of allylic oxidation sites excluding steroid dienone is 1. The van der Waals surface area contributed by atoms with E-state index in [9.17, 15) is 33.0 Å². The molecule has 1 heterocycles. The van der Waals surface area contributed by atoms with Crippen LogP contribution in [0.15, 0.2) is 11.6 Å². The smallest absolute Gasteiger partial charge is 0.393 e. The van der Waals surface area contributed by atoms with Gasteiger partial charge in [-0.15, -0.1) is 0 Å². The van der Waals surface area contributed by atoms with E-state index in [0.29, 0.717) is 36.0 Å². The minimum Gasteiger partial charge on any atom is -0.393 e. The Hall–Kier alpha value is -1.61. The number of piperidine rings is 1. The second kappa shape index (κ2) is 12.2. The Kier molecular flexibility index (Phi) is 9.36. The van der Waals surface area contributed by atoms with Crippen LogP contribution in [0.5, 0.6) is 0 Å². The molecule has 250 valence electrons. The average molecular weight is 625 g/mol. The lowest BCUT2D eigenvalue weighted by atomic mass is 9.47. The maximum Gasteiger partial charge on any atom is 0.408 e. The summed E-state index contributed by atoms with van der Waals surface area (Å²) in [5, 5.41) is 22.2. The fourth-order valence-electron chi connectivity index (χ4n) is 10.6. The highest BCUT2D eigenvalue weighted by atomic mass is 19.4.